The molecule has 0 spiro atoms. The van der Waals surface area contributed by atoms with Gasteiger partial charge in [0.05, 0.1) is 6.61 Å². The molecule has 0 saturated carbocycles. The van der Waals surface area contributed by atoms with Gasteiger partial charge in [-0.2, -0.15) is 0 Å². The van der Waals surface area contributed by atoms with Crippen LogP contribution in [0.15, 0.2) is 10.9 Å². The van der Waals surface area contributed by atoms with Crippen LogP contribution in [-0.4, -0.2) is 36.8 Å². The van der Waals surface area contributed by atoms with Crippen LogP contribution in [0.3, 0.4) is 0 Å². The first-order chi connectivity index (χ1) is 7.71. The molecule has 0 amide bonds. The Kier molecular flexibility index (Phi) is 4.98. The minimum atomic E-state index is -0.0993. The number of rotatable bonds is 6. The summed E-state index contributed by atoms with van der Waals surface area (Å²) in [5, 5.41) is 0. The fourth-order valence-corrected chi connectivity index (χ4v) is 1.46. The molecule has 16 heavy (non-hydrogen) atoms. The lowest BCUT2D eigenvalue weighted by Gasteiger charge is -2.21. The highest BCUT2D eigenvalue weighted by atomic mass is 16.5. The molecule has 5 heteroatoms. The number of H-pyrrole nitrogens is 1. The third kappa shape index (κ3) is 3.34. The first-order valence-electron chi connectivity index (χ1n) is 5.55. The largest absolute Gasteiger partial charge is 0.383 e. The smallest absolute Gasteiger partial charge is 0.252 e. The zero-order valence-corrected chi connectivity index (χ0v) is 10.1. The van der Waals surface area contributed by atoms with Crippen LogP contribution in [-0.2, 0) is 11.2 Å². The molecule has 1 aromatic rings. The molecule has 90 valence electrons. The molecule has 1 heterocycles. The van der Waals surface area contributed by atoms with E-state index in [4.69, 9.17) is 4.74 Å². The maximum atomic E-state index is 11.4. The number of aryl methyl sites for hydroxylation is 1. The van der Waals surface area contributed by atoms with Gasteiger partial charge in [0.2, 0.25) is 0 Å². The van der Waals surface area contributed by atoms with Gasteiger partial charge >= 0.3 is 0 Å². The van der Waals surface area contributed by atoms with Crippen LogP contribution in [0.4, 0.5) is 5.82 Å². The third-order valence-corrected chi connectivity index (χ3v) is 2.38. The Morgan fingerprint density at radius 1 is 1.50 bits per heavy atom. The molecule has 0 unspecified atom stereocenters. The van der Waals surface area contributed by atoms with Crippen molar-refractivity contribution in [3.05, 3.63) is 22.2 Å². The van der Waals surface area contributed by atoms with Crippen LogP contribution < -0.4 is 10.5 Å². The maximum Gasteiger partial charge on any atom is 0.252 e. The minimum Gasteiger partial charge on any atom is -0.383 e. The van der Waals surface area contributed by atoms with Gasteiger partial charge in [-0.25, -0.2) is 4.98 Å². The number of aromatic amines is 1. The van der Waals surface area contributed by atoms with Crippen LogP contribution in [0, 0.1) is 0 Å². The number of ether oxygens (including phenoxy) is 1. The molecule has 0 radical (unpaired) electrons. The number of hydrogen-bond acceptors (Lipinski definition) is 4. The van der Waals surface area contributed by atoms with Crippen molar-refractivity contribution in [1.82, 2.24) is 9.97 Å². The Morgan fingerprint density at radius 2 is 2.25 bits per heavy atom. The summed E-state index contributed by atoms with van der Waals surface area (Å²) in [5.74, 6) is 1.44. The summed E-state index contributed by atoms with van der Waals surface area (Å²) in [6.45, 7) is 6.18. The molecular formula is C11H19N3O2. The Morgan fingerprint density at radius 3 is 2.81 bits per heavy atom. The quantitative estimate of drug-likeness (QED) is 0.778. The standard InChI is InChI=1S/C11H19N3O2/c1-4-9-12-10(8-11(15)13-9)14(5-2)6-7-16-3/h8H,4-7H2,1-3H3,(H,12,13,15). The molecule has 5 nitrogen and oxygen atoms in total. The second kappa shape index (κ2) is 6.27. The van der Waals surface area contributed by atoms with Crippen molar-refractivity contribution < 1.29 is 4.74 Å². The van der Waals surface area contributed by atoms with Gasteiger partial charge in [0.1, 0.15) is 11.6 Å². The van der Waals surface area contributed by atoms with Gasteiger partial charge in [0.25, 0.3) is 5.56 Å². The van der Waals surface area contributed by atoms with E-state index in [2.05, 4.69) is 9.97 Å². The maximum absolute atomic E-state index is 11.4. The number of nitrogens with zero attached hydrogens (tertiary/aromatic N) is 2. The molecule has 0 bridgehead atoms. The van der Waals surface area contributed by atoms with Crippen molar-refractivity contribution in [2.75, 3.05) is 31.7 Å². The van der Waals surface area contributed by atoms with E-state index in [-0.39, 0.29) is 5.56 Å². The van der Waals surface area contributed by atoms with Crippen molar-refractivity contribution in [2.24, 2.45) is 0 Å². The van der Waals surface area contributed by atoms with Crippen LogP contribution in [0.25, 0.3) is 0 Å². The Labute approximate surface area is 95.5 Å². The van der Waals surface area contributed by atoms with E-state index < -0.39 is 0 Å². The van der Waals surface area contributed by atoms with Crippen LogP contribution in [0.1, 0.15) is 19.7 Å². The first kappa shape index (κ1) is 12.7. The predicted molar refractivity (Wildman–Crippen MR) is 64.0 cm³/mol. The van der Waals surface area contributed by atoms with Crippen LogP contribution in [0.2, 0.25) is 0 Å². The Hall–Kier alpha value is -1.36. The van der Waals surface area contributed by atoms with E-state index in [1.54, 1.807) is 7.11 Å². The summed E-state index contributed by atoms with van der Waals surface area (Å²) in [6.07, 6.45) is 0.727. The summed E-state index contributed by atoms with van der Waals surface area (Å²) < 4.78 is 5.03. The predicted octanol–water partition coefficient (Wildman–Crippen LogP) is 0.805. The molecule has 0 fully saturated rings. The lowest BCUT2D eigenvalue weighted by atomic mass is 10.4. The van der Waals surface area contributed by atoms with E-state index in [1.807, 2.05) is 18.7 Å². The molecular weight excluding hydrogens is 206 g/mol. The molecule has 0 aliphatic heterocycles. The first-order valence-corrected chi connectivity index (χ1v) is 5.55. The Balaban J connectivity index is 2.90. The summed E-state index contributed by atoms with van der Waals surface area (Å²) in [4.78, 5) is 20.5. The van der Waals surface area contributed by atoms with Gasteiger partial charge in [0, 0.05) is 32.7 Å². The number of likely N-dealkylation sites (N-methyl/N-ethyl adjacent to an activating group) is 1. The van der Waals surface area contributed by atoms with Crippen molar-refractivity contribution >= 4 is 5.82 Å². The van der Waals surface area contributed by atoms with Gasteiger partial charge < -0.3 is 14.6 Å². The van der Waals surface area contributed by atoms with Gasteiger partial charge in [-0.05, 0) is 6.92 Å². The highest BCUT2D eigenvalue weighted by Crippen LogP contribution is 2.07. The Bertz CT molecular complexity index is 376. The molecule has 0 aliphatic carbocycles. The van der Waals surface area contributed by atoms with Crippen LogP contribution in [0.5, 0.6) is 0 Å². The molecule has 1 aromatic heterocycles. The third-order valence-electron chi connectivity index (χ3n) is 2.38. The zero-order valence-electron chi connectivity index (χ0n) is 10.1. The normalized spacial score (nSPS) is 10.4. The topological polar surface area (TPSA) is 58.2 Å². The monoisotopic (exact) mass is 225 g/mol. The fraction of sp³-hybridized carbons (Fsp3) is 0.636. The lowest BCUT2D eigenvalue weighted by molar-refractivity contribution is 0.205. The number of hydrogen-bond donors (Lipinski definition) is 1. The van der Waals surface area contributed by atoms with Crippen molar-refractivity contribution in [3.63, 3.8) is 0 Å². The van der Waals surface area contributed by atoms with Gasteiger partial charge in [-0.1, -0.05) is 6.92 Å². The zero-order chi connectivity index (χ0) is 12.0. The van der Waals surface area contributed by atoms with E-state index >= 15 is 0 Å². The number of methoxy groups -OCH3 is 1. The second-order valence-corrected chi connectivity index (χ2v) is 3.48. The summed E-state index contributed by atoms with van der Waals surface area (Å²) >= 11 is 0. The average Bonchev–Trinajstić information content (AvgIpc) is 2.29. The fourth-order valence-electron chi connectivity index (χ4n) is 1.46. The highest BCUT2D eigenvalue weighted by Gasteiger charge is 2.07. The SMILES string of the molecule is CCc1nc(N(CC)CCOC)cc(=O)[nH]1. The summed E-state index contributed by atoms with van der Waals surface area (Å²) in [7, 11) is 1.66. The van der Waals surface area contributed by atoms with Crippen molar-refractivity contribution in [2.45, 2.75) is 20.3 Å². The van der Waals surface area contributed by atoms with Gasteiger partial charge in [-0.3, -0.25) is 4.79 Å². The number of nitrogens with one attached hydrogen (secondary N) is 1. The van der Waals surface area contributed by atoms with E-state index in [0.29, 0.717) is 6.61 Å². The van der Waals surface area contributed by atoms with Crippen molar-refractivity contribution in [3.8, 4) is 0 Å². The molecule has 0 atom stereocenters. The lowest BCUT2D eigenvalue weighted by Crippen LogP contribution is -2.29. The summed E-state index contributed by atoms with van der Waals surface area (Å²) in [5.41, 5.74) is -0.0993. The van der Waals surface area contributed by atoms with Crippen LogP contribution >= 0.6 is 0 Å². The average molecular weight is 225 g/mol. The van der Waals surface area contributed by atoms with E-state index in [9.17, 15) is 4.79 Å². The molecule has 0 aromatic carbocycles. The molecule has 1 rings (SSSR count). The van der Waals surface area contributed by atoms with Gasteiger partial charge in [0.15, 0.2) is 0 Å². The minimum absolute atomic E-state index is 0.0993. The van der Waals surface area contributed by atoms with E-state index in [1.165, 1.54) is 6.07 Å². The molecule has 0 saturated heterocycles. The number of aromatic nitrogens is 2. The molecule has 0 aliphatic rings. The summed E-state index contributed by atoms with van der Waals surface area (Å²) in [6, 6.07) is 1.53. The van der Waals surface area contributed by atoms with Crippen molar-refractivity contribution in [1.29, 1.82) is 0 Å². The van der Waals surface area contributed by atoms with E-state index in [0.717, 1.165) is 31.2 Å². The molecule has 1 N–H and O–H groups in total. The highest BCUT2D eigenvalue weighted by molar-refractivity contribution is 5.37. The van der Waals surface area contributed by atoms with Gasteiger partial charge in [-0.15, -0.1) is 0 Å². The number of anilines is 1. The second-order valence-electron chi connectivity index (χ2n) is 3.48.